The van der Waals surface area contributed by atoms with Crippen LogP contribution in [0.2, 0.25) is 0 Å². The van der Waals surface area contributed by atoms with Crippen molar-refractivity contribution in [3.63, 3.8) is 0 Å². The lowest BCUT2D eigenvalue weighted by molar-refractivity contribution is 0.242. The number of nitrogens with zero attached hydrogens (tertiary/aromatic N) is 3. The third kappa shape index (κ3) is 2.56. The number of ether oxygens (including phenoxy) is 1. The molecular formula is C16H20N4O. The minimum absolute atomic E-state index is 0.0670. The summed E-state index contributed by atoms with van der Waals surface area (Å²) in [5.74, 6) is 1.62. The number of anilines is 1. The summed E-state index contributed by atoms with van der Waals surface area (Å²) in [6.07, 6.45) is 0.932. The molecule has 21 heavy (non-hydrogen) atoms. The number of aryl methyl sites for hydroxylation is 1. The van der Waals surface area contributed by atoms with Gasteiger partial charge in [-0.2, -0.15) is 0 Å². The highest BCUT2D eigenvalue weighted by Gasteiger charge is 2.25. The average Bonchev–Trinajstić information content (AvgIpc) is 2.89. The normalized spacial score (nSPS) is 16.5. The monoisotopic (exact) mass is 284 g/mol. The molecule has 5 nitrogen and oxygen atoms in total. The molecule has 0 unspecified atom stereocenters. The highest BCUT2D eigenvalue weighted by molar-refractivity contribution is 5.71. The molecule has 3 rings (SSSR count). The molecule has 2 aromatic rings. The SMILES string of the molecule is Cc1cc(-c2cccc3c2O[C@@H](CN)C3)nc(N(C)C)n1. The molecule has 0 radical (unpaired) electrons. The van der Waals surface area contributed by atoms with Crippen LogP contribution in [0.15, 0.2) is 24.3 Å². The van der Waals surface area contributed by atoms with Crippen molar-refractivity contribution in [3.05, 3.63) is 35.5 Å². The largest absolute Gasteiger partial charge is 0.488 e. The molecule has 110 valence electrons. The number of nitrogens with two attached hydrogens (primary N) is 1. The van der Waals surface area contributed by atoms with E-state index in [0.717, 1.165) is 29.1 Å². The smallest absolute Gasteiger partial charge is 0.225 e. The first kappa shape index (κ1) is 13.8. The standard InChI is InChI=1S/C16H20N4O/c1-10-7-14(19-16(18-10)20(2)3)13-6-4-5-11-8-12(9-17)21-15(11)13/h4-7,12H,8-9,17H2,1-3H3/t12-/m1/s1. The molecule has 0 bridgehead atoms. The molecule has 1 aromatic carbocycles. The van der Waals surface area contributed by atoms with Crippen LogP contribution in [-0.2, 0) is 6.42 Å². The number of fused-ring (bicyclic) bond motifs is 1. The number of benzene rings is 1. The zero-order valence-electron chi connectivity index (χ0n) is 12.6. The number of hydrogen-bond acceptors (Lipinski definition) is 5. The molecule has 0 fully saturated rings. The average molecular weight is 284 g/mol. The Morgan fingerprint density at radius 1 is 1.33 bits per heavy atom. The van der Waals surface area contributed by atoms with E-state index in [1.165, 1.54) is 5.56 Å². The van der Waals surface area contributed by atoms with Gasteiger partial charge in [0.25, 0.3) is 0 Å². The van der Waals surface area contributed by atoms with Crippen LogP contribution in [0.1, 0.15) is 11.3 Å². The van der Waals surface area contributed by atoms with Crippen LogP contribution < -0.4 is 15.4 Å². The first-order chi connectivity index (χ1) is 10.1. The minimum atomic E-state index is 0.0670. The molecule has 0 saturated carbocycles. The van der Waals surface area contributed by atoms with E-state index in [1.54, 1.807) is 0 Å². The molecule has 1 aliphatic heterocycles. The van der Waals surface area contributed by atoms with E-state index in [2.05, 4.69) is 16.0 Å². The van der Waals surface area contributed by atoms with E-state index in [0.29, 0.717) is 12.5 Å². The van der Waals surface area contributed by atoms with E-state index in [1.807, 2.05) is 44.1 Å². The van der Waals surface area contributed by atoms with Crippen LogP contribution in [-0.4, -0.2) is 36.7 Å². The van der Waals surface area contributed by atoms with Crippen molar-refractivity contribution in [2.24, 2.45) is 5.73 Å². The van der Waals surface area contributed by atoms with Gasteiger partial charge in [0.1, 0.15) is 11.9 Å². The summed E-state index contributed by atoms with van der Waals surface area (Å²) in [6.45, 7) is 2.50. The third-order valence-electron chi connectivity index (χ3n) is 3.61. The third-order valence-corrected chi connectivity index (χ3v) is 3.61. The van der Waals surface area contributed by atoms with Gasteiger partial charge in [0.15, 0.2) is 0 Å². The van der Waals surface area contributed by atoms with Crippen molar-refractivity contribution in [1.29, 1.82) is 0 Å². The van der Waals surface area contributed by atoms with Gasteiger partial charge in [-0.1, -0.05) is 12.1 Å². The highest BCUT2D eigenvalue weighted by atomic mass is 16.5. The predicted molar refractivity (Wildman–Crippen MR) is 83.7 cm³/mol. The summed E-state index contributed by atoms with van der Waals surface area (Å²) in [6, 6.07) is 8.17. The summed E-state index contributed by atoms with van der Waals surface area (Å²) in [5.41, 5.74) is 9.77. The first-order valence-electron chi connectivity index (χ1n) is 7.10. The van der Waals surface area contributed by atoms with Crippen LogP contribution in [0.25, 0.3) is 11.3 Å². The van der Waals surface area contributed by atoms with Crippen molar-refractivity contribution in [2.45, 2.75) is 19.4 Å². The van der Waals surface area contributed by atoms with Gasteiger partial charge in [0.05, 0.1) is 5.69 Å². The maximum Gasteiger partial charge on any atom is 0.225 e. The summed E-state index contributed by atoms with van der Waals surface area (Å²) in [4.78, 5) is 11.0. The Hall–Kier alpha value is -2.14. The summed E-state index contributed by atoms with van der Waals surface area (Å²) >= 11 is 0. The van der Waals surface area contributed by atoms with Gasteiger partial charge in [-0.3, -0.25) is 0 Å². The highest BCUT2D eigenvalue weighted by Crippen LogP contribution is 2.38. The van der Waals surface area contributed by atoms with Crippen LogP contribution in [0, 0.1) is 6.92 Å². The zero-order chi connectivity index (χ0) is 15.0. The van der Waals surface area contributed by atoms with E-state index >= 15 is 0 Å². The lowest BCUT2D eigenvalue weighted by Crippen LogP contribution is -2.24. The Kier molecular flexibility index (Phi) is 3.51. The van der Waals surface area contributed by atoms with Gasteiger partial charge in [-0.05, 0) is 24.6 Å². The summed E-state index contributed by atoms with van der Waals surface area (Å²) in [5, 5.41) is 0. The van der Waals surface area contributed by atoms with Gasteiger partial charge in [-0.25, -0.2) is 9.97 Å². The molecule has 2 heterocycles. The van der Waals surface area contributed by atoms with Crippen molar-refractivity contribution in [3.8, 4) is 17.0 Å². The molecule has 1 aromatic heterocycles. The maximum atomic E-state index is 5.98. The molecule has 0 aliphatic carbocycles. The molecular weight excluding hydrogens is 264 g/mol. The van der Waals surface area contributed by atoms with Crippen LogP contribution in [0.3, 0.4) is 0 Å². The molecule has 2 N–H and O–H groups in total. The van der Waals surface area contributed by atoms with E-state index in [4.69, 9.17) is 10.5 Å². The lowest BCUT2D eigenvalue weighted by Gasteiger charge is -2.14. The van der Waals surface area contributed by atoms with Crippen molar-refractivity contribution < 1.29 is 4.74 Å². The Balaban J connectivity index is 2.09. The molecule has 0 spiro atoms. The molecule has 1 aliphatic rings. The molecule has 0 amide bonds. The van der Waals surface area contributed by atoms with Crippen molar-refractivity contribution in [2.75, 3.05) is 25.5 Å². The minimum Gasteiger partial charge on any atom is -0.488 e. The summed E-state index contributed by atoms with van der Waals surface area (Å²) < 4.78 is 5.98. The van der Waals surface area contributed by atoms with Crippen LogP contribution in [0.5, 0.6) is 5.75 Å². The van der Waals surface area contributed by atoms with Crippen molar-refractivity contribution >= 4 is 5.95 Å². The summed E-state index contributed by atoms with van der Waals surface area (Å²) in [7, 11) is 3.88. The van der Waals surface area contributed by atoms with Gasteiger partial charge in [-0.15, -0.1) is 0 Å². The van der Waals surface area contributed by atoms with E-state index in [-0.39, 0.29) is 6.10 Å². The number of aromatic nitrogens is 2. The predicted octanol–water partition coefficient (Wildman–Crippen LogP) is 1.78. The quantitative estimate of drug-likeness (QED) is 0.930. The van der Waals surface area contributed by atoms with Crippen LogP contribution in [0.4, 0.5) is 5.95 Å². The number of para-hydroxylation sites is 1. The fraction of sp³-hybridized carbons (Fsp3) is 0.375. The van der Waals surface area contributed by atoms with E-state index < -0.39 is 0 Å². The Morgan fingerprint density at radius 3 is 2.86 bits per heavy atom. The van der Waals surface area contributed by atoms with Gasteiger partial charge in [0, 0.05) is 38.3 Å². The van der Waals surface area contributed by atoms with Crippen LogP contribution >= 0.6 is 0 Å². The second-order valence-electron chi connectivity index (χ2n) is 5.56. The van der Waals surface area contributed by atoms with Crippen molar-refractivity contribution in [1.82, 2.24) is 9.97 Å². The maximum absolute atomic E-state index is 5.98. The van der Waals surface area contributed by atoms with E-state index in [9.17, 15) is 0 Å². The second-order valence-corrected chi connectivity index (χ2v) is 5.56. The lowest BCUT2D eigenvalue weighted by atomic mass is 10.0. The molecule has 5 heteroatoms. The van der Waals surface area contributed by atoms with Gasteiger partial charge in [0.2, 0.25) is 5.95 Å². The first-order valence-corrected chi connectivity index (χ1v) is 7.10. The van der Waals surface area contributed by atoms with Gasteiger partial charge < -0.3 is 15.4 Å². The Labute approximate surface area is 124 Å². The fourth-order valence-electron chi connectivity index (χ4n) is 2.56. The van der Waals surface area contributed by atoms with Gasteiger partial charge >= 0.3 is 0 Å². The zero-order valence-corrected chi connectivity index (χ0v) is 12.6. The molecule has 0 saturated heterocycles. The molecule has 1 atom stereocenters. The topological polar surface area (TPSA) is 64.3 Å². The second kappa shape index (κ2) is 5.33. The Morgan fingerprint density at radius 2 is 2.14 bits per heavy atom. The Bertz CT molecular complexity index is 669. The number of hydrogen-bond donors (Lipinski definition) is 1. The number of rotatable bonds is 3. The fourth-order valence-corrected chi connectivity index (χ4v) is 2.56.